The van der Waals surface area contributed by atoms with Crippen molar-refractivity contribution in [3.05, 3.63) is 0 Å². The van der Waals surface area contributed by atoms with Crippen LogP contribution in [-0.4, -0.2) is 26.6 Å². The first kappa shape index (κ1) is 12.9. The van der Waals surface area contributed by atoms with E-state index in [0.717, 1.165) is 6.42 Å². The van der Waals surface area contributed by atoms with E-state index in [0.29, 0.717) is 18.6 Å². The quantitative estimate of drug-likeness (QED) is 0.523. The Kier molecular flexibility index (Phi) is 5.58. The van der Waals surface area contributed by atoms with Crippen LogP contribution in [0.15, 0.2) is 0 Å². The van der Waals surface area contributed by atoms with E-state index in [-0.39, 0.29) is 6.23 Å². The molecule has 90 valence electrons. The molecule has 1 atom stereocenters. The summed E-state index contributed by atoms with van der Waals surface area (Å²) in [6, 6.07) is 0. The predicted octanol–water partition coefficient (Wildman–Crippen LogP) is 2.29. The third-order valence-corrected chi connectivity index (χ3v) is 3.46. The molecule has 2 N–H and O–H groups in total. The van der Waals surface area contributed by atoms with Crippen molar-refractivity contribution in [1.29, 1.82) is 0 Å². The molecule has 0 saturated heterocycles. The highest BCUT2D eigenvalue weighted by Gasteiger charge is 2.28. The standard InChI is InChI=1S/C12H25NO2/c1-12(6-3-4-7-12)8-5-11(13)15-10-9-14-2/h11H,3-10,13H2,1-2H3. The van der Waals surface area contributed by atoms with Crippen LogP contribution in [0.1, 0.15) is 45.4 Å². The van der Waals surface area contributed by atoms with Crippen molar-refractivity contribution in [2.45, 2.75) is 51.7 Å². The molecule has 1 unspecified atom stereocenters. The van der Waals surface area contributed by atoms with E-state index < -0.39 is 0 Å². The van der Waals surface area contributed by atoms with Gasteiger partial charge in [0.1, 0.15) is 6.23 Å². The lowest BCUT2D eigenvalue weighted by Crippen LogP contribution is -2.27. The van der Waals surface area contributed by atoms with Gasteiger partial charge in [-0.2, -0.15) is 0 Å². The maximum absolute atomic E-state index is 5.87. The van der Waals surface area contributed by atoms with Gasteiger partial charge in [0.25, 0.3) is 0 Å². The zero-order chi connectivity index (χ0) is 11.1. The van der Waals surface area contributed by atoms with Crippen LogP contribution in [-0.2, 0) is 9.47 Å². The Bertz CT molecular complexity index is 167. The van der Waals surface area contributed by atoms with Gasteiger partial charge in [0.15, 0.2) is 0 Å². The summed E-state index contributed by atoms with van der Waals surface area (Å²) in [5.41, 5.74) is 6.40. The van der Waals surface area contributed by atoms with Crippen molar-refractivity contribution in [2.75, 3.05) is 20.3 Å². The minimum absolute atomic E-state index is 0.113. The molecule has 0 radical (unpaired) electrons. The van der Waals surface area contributed by atoms with Crippen LogP contribution >= 0.6 is 0 Å². The third kappa shape index (κ3) is 4.96. The van der Waals surface area contributed by atoms with Gasteiger partial charge in [0.2, 0.25) is 0 Å². The molecule has 3 heteroatoms. The lowest BCUT2D eigenvalue weighted by Gasteiger charge is -2.25. The van der Waals surface area contributed by atoms with Crippen molar-refractivity contribution in [1.82, 2.24) is 0 Å². The average Bonchev–Trinajstić information content (AvgIpc) is 2.64. The van der Waals surface area contributed by atoms with E-state index in [1.54, 1.807) is 7.11 Å². The fourth-order valence-corrected chi connectivity index (χ4v) is 2.34. The van der Waals surface area contributed by atoms with Gasteiger partial charge >= 0.3 is 0 Å². The minimum Gasteiger partial charge on any atom is -0.382 e. The predicted molar refractivity (Wildman–Crippen MR) is 61.6 cm³/mol. The van der Waals surface area contributed by atoms with Gasteiger partial charge in [-0.05, 0) is 31.1 Å². The minimum atomic E-state index is -0.113. The largest absolute Gasteiger partial charge is 0.382 e. The summed E-state index contributed by atoms with van der Waals surface area (Å²) < 4.78 is 10.3. The molecule has 1 aliphatic rings. The fraction of sp³-hybridized carbons (Fsp3) is 1.00. The van der Waals surface area contributed by atoms with E-state index in [4.69, 9.17) is 15.2 Å². The van der Waals surface area contributed by atoms with Gasteiger partial charge in [0.05, 0.1) is 13.2 Å². The van der Waals surface area contributed by atoms with E-state index in [2.05, 4.69) is 6.92 Å². The first-order chi connectivity index (χ1) is 7.16. The average molecular weight is 215 g/mol. The molecule has 0 amide bonds. The molecule has 1 aliphatic carbocycles. The maximum atomic E-state index is 5.87. The molecule has 15 heavy (non-hydrogen) atoms. The van der Waals surface area contributed by atoms with Crippen LogP contribution in [0.2, 0.25) is 0 Å². The molecule has 0 aromatic rings. The molecular weight excluding hydrogens is 190 g/mol. The van der Waals surface area contributed by atoms with Crippen LogP contribution in [0.5, 0.6) is 0 Å². The number of hydrogen-bond acceptors (Lipinski definition) is 3. The normalized spacial score (nSPS) is 21.8. The van der Waals surface area contributed by atoms with Crippen molar-refractivity contribution in [2.24, 2.45) is 11.1 Å². The van der Waals surface area contributed by atoms with Gasteiger partial charge in [-0.1, -0.05) is 19.8 Å². The van der Waals surface area contributed by atoms with Crippen LogP contribution < -0.4 is 5.73 Å². The fourth-order valence-electron chi connectivity index (χ4n) is 2.34. The SMILES string of the molecule is COCCOC(N)CCC1(C)CCCC1. The number of methoxy groups -OCH3 is 1. The number of rotatable bonds is 7. The summed E-state index contributed by atoms with van der Waals surface area (Å²) in [5.74, 6) is 0. The zero-order valence-electron chi connectivity index (χ0n) is 10.1. The Morgan fingerprint density at radius 3 is 2.53 bits per heavy atom. The Labute approximate surface area is 93.3 Å². The van der Waals surface area contributed by atoms with Crippen LogP contribution in [0, 0.1) is 5.41 Å². The Morgan fingerprint density at radius 2 is 1.93 bits per heavy atom. The second-order valence-corrected chi connectivity index (χ2v) is 4.96. The molecule has 0 spiro atoms. The van der Waals surface area contributed by atoms with Crippen LogP contribution in [0.4, 0.5) is 0 Å². The van der Waals surface area contributed by atoms with Gasteiger partial charge in [-0.25, -0.2) is 0 Å². The summed E-state index contributed by atoms with van der Waals surface area (Å²) in [6.45, 7) is 3.61. The summed E-state index contributed by atoms with van der Waals surface area (Å²) >= 11 is 0. The van der Waals surface area contributed by atoms with Crippen LogP contribution in [0.25, 0.3) is 0 Å². The monoisotopic (exact) mass is 215 g/mol. The summed E-state index contributed by atoms with van der Waals surface area (Å²) in [6.07, 6.45) is 7.54. The molecule has 0 aromatic heterocycles. The van der Waals surface area contributed by atoms with E-state index in [1.165, 1.54) is 32.1 Å². The lowest BCUT2D eigenvalue weighted by atomic mass is 9.84. The first-order valence-electron chi connectivity index (χ1n) is 6.02. The number of hydrogen-bond donors (Lipinski definition) is 1. The molecule has 1 saturated carbocycles. The maximum Gasteiger partial charge on any atom is 0.105 e. The third-order valence-electron chi connectivity index (χ3n) is 3.46. The Balaban J connectivity index is 2.07. The van der Waals surface area contributed by atoms with E-state index in [1.807, 2.05) is 0 Å². The molecule has 0 heterocycles. The van der Waals surface area contributed by atoms with Gasteiger partial charge < -0.3 is 15.2 Å². The van der Waals surface area contributed by atoms with Crippen molar-refractivity contribution >= 4 is 0 Å². The zero-order valence-corrected chi connectivity index (χ0v) is 10.1. The Hall–Kier alpha value is -0.120. The second-order valence-electron chi connectivity index (χ2n) is 4.96. The van der Waals surface area contributed by atoms with E-state index >= 15 is 0 Å². The van der Waals surface area contributed by atoms with Gasteiger partial charge in [0, 0.05) is 7.11 Å². The summed E-state index contributed by atoms with van der Waals surface area (Å²) in [5, 5.41) is 0. The van der Waals surface area contributed by atoms with Crippen molar-refractivity contribution < 1.29 is 9.47 Å². The van der Waals surface area contributed by atoms with Crippen molar-refractivity contribution in [3.63, 3.8) is 0 Å². The first-order valence-corrected chi connectivity index (χ1v) is 6.02. The van der Waals surface area contributed by atoms with Gasteiger partial charge in [-0.15, -0.1) is 0 Å². The summed E-state index contributed by atoms with van der Waals surface area (Å²) in [7, 11) is 1.68. The number of ether oxygens (including phenoxy) is 2. The number of nitrogens with two attached hydrogens (primary N) is 1. The van der Waals surface area contributed by atoms with Crippen molar-refractivity contribution in [3.8, 4) is 0 Å². The Morgan fingerprint density at radius 1 is 1.27 bits per heavy atom. The molecule has 0 aromatic carbocycles. The molecular formula is C12H25NO2. The summed E-state index contributed by atoms with van der Waals surface area (Å²) in [4.78, 5) is 0. The van der Waals surface area contributed by atoms with Crippen LogP contribution in [0.3, 0.4) is 0 Å². The molecule has 0 aliphatic heterocycles. The molecule has 1 rings (SSSR count). The second kappa shape index (κ2) is 6.46. The molecule has 0 bridgehead atoms. The topological polar surface area (TPSA) is 44.5 Å². The van der Waals surface area contributed by atoms with Gasteiger partial charge in [-0.3, -0.25) is 0 Å². The highest BCUT2D eigenvalue weighted by atomic mass is 16.5. The molecule has 3 nitrogen and oxygen atoms in total. The highest BCUT2D eigenvalue weighted by Crippen LogP contribution is 2.41. The lowest BCUT2D eigenvalue weighted by molar-refractivity contribution is 0.0105. The molecule has 1 fully saturated rings. The highest BCUT2D eigenvalue weighted by molar-refractivity contribution is 4.80. The smallest absolute Gasteiger partial charge is 0.105 e. The van der Waals surface area contributed by atoms with E-state index in [9.17, 15) is 0 Å².